The normalized spacial score (nSPS) is 15.0. The molecule has 2 aromatic heterocycles. The minimum absolute atomic E-state index is 0.00896. The lowest BCUT2D eigenvalue weighted by Crippen LogP contribution is -2.46. The number of methoxy groups -OCH3 is 1. The fourth-order valence-corrected chi connectivity index (χ4v) is 6.06. The Morgan fingerprint density at radius 2 is 1.79 bits per heavy atom. The summed E-state index contributed by atoms with van der Waals surface area (Å²) in [5.74, 6) is -1.79. The first-order valence-corrected chi connectivity index (χ1v) is 15.1. The van der Waals surface area contributed by atoms with Gasteiger partial charge in [-0.2, -0.15) is 13.2 Å². The predicted molar refractivity (Wildman–Crippen MR) is 165 cm³/mol. The standard InChI is InChI=1S/C34H34F4N4O5/c1-3-47-31-21(16-28(39)43)15-27(42-30(31)19-8-10-25(35)11-9-19)33(45,23-6-4-5-7-23)18-41-32(44)22-12-20-13-24(34(36,37)38)17-40-29(20)26(14-22)46-2/h8-15,17,23,45H,3-7,16,18H2,1-2H3,(H2,39,43)(H,41,44)/t33-/m1/s1. The van der Waals surface area contributed by atoms with Gasteiger partial charge in [0.15, 0.2) is 0 Å². The van der Waals surface area contributed by atoms with Gasteiger partial charge in [-0.1, -0.05) is 12.8 Å². The number of amides is 2. The van der Waals surface area contributed by atoms with Crippen LogP contribution in [0.1, 0.15) is 59.8 Å². The number of nitrogens with zero attached hydrogens (tertiary/aromatic N) is 2. The zero-order valence-electron chi connectivity index (χ0n) is 25.8. The maximum Gasteiger partial charge on any atom is 0.417 e. The average Bonchev–Trinajstić information content (AvgIpc) is 3.59. The summed E-state index contributed by atoms with van der Waals surface area (Å²) in [6.07, 6.45) is -1.29. The van der Waals surface area contributed by atoms with Crippen LogP contribution in [-0.2, 0) is 23.0 Å². The van der Waals surface area contributed by atoms with Gasteiger partial charge in [0, 0.05) is 28.3 Å². The van der Waals surface area contributed by atoms with Crippen molar-refractivity contribution in [3.8, 4) is 22.8 Å². The highest BCUT2D eigenvalue weighted by Gasteiger charge is 2.42. The van der Waals surface area contributed by atoms with Crippen LogP contribution in [0.25, 0.3) is 22.2 Å². The first kappa shape index (κ1) is 33.6. The molecule has 1 fully saturated rings. The third kappa shape index (κ3) is 7.14. The molecular weight excluding hydrogens is 620 g/mol. The smallest absolute Gasteiger partial charge is 0.417 e. The van der Waals surface area contributed by atoms with E-state index < -0.39 is 35.0 Å². The third-order valence-corrected chi connectivity index (χ3v) is 8.37. The lowest BCUT2D eigenvalue weighted by Gasteiger charge is -2.35. The van der Waals surface area contributed by atoms with E-state index in [2.05, 4.69) is 10.3 Å². The van der Waals surface area contributed by atoms with Crippen molar-refractivity contribution < 1.29 is 41.7 Å². The number of halogens is 4. The van der Waals surface area contributed by atoms with Crippen molar-refractivity contribution in [2.75, 3.05) is 20.3 Å². The summed E-state index contributed by atoms with van der Waals surface area (Å²) < 4.78 is 65.3. The lowest BCUT2D eigenvalue weighted by atomic mass is 9.81. The summed E-state index contributed by atoms with van der Waals surface area (Å²) in [5, 5.41) is 15.2. The maximum absolute atomic E-state index is 13.8. The molecule has 1 aliphatic carbocycles. The van der Waals surface area contributed by atoms with Crippen LogP contribution in [-0.4, -0.2) is 47.2 Å². The number of primary amides is 1. The van der Waals surface area contributed by atoms with Crippen LogP contribution in [0.15, 0.2) is 54.7 Å². The van der Waals surface area contributed by atoms with Crippen molar-refractivity contribution in [1.29, 1.82) is 0 Å². The van der Waals surface area contributed by atoms with Crippen molar-refractivity contribution in [2.45, 2.75) is 50.8 Å². The molecule has 5 rings (SSSR count). The number of rotatable bonds is 11. The first-order valence-electron chi connectivity index (χ1n) is 15.1. The van der Waals surface area contributed by atoms with E-state index in [0.29, 0.717) is 30.2 Å². The van der Waals surface area contributed by atoms with Gasteiger partial charge >= 0.3 is 6.18 Å². The van der Waals surface area contributed by atoms with E-state index in [1.807, 2.05) is 0 Å². The molecule has 0 saturated heterocycles. The van der Waals surface area contributed by atoms with Crippen LogP contribution in [0, 0.1) is 11.7 Å². The molecule has 1 saturated carbocycles. The number of pyridine rings is 2. The Balaban J connectivity index is 1.57. The van der Waals surface area contributed by atoms with Gasteiger partial charge in [-0.15, -0.1) is 0 Å². The van der Waals surface area contributed by atoms with Crippen LogP contribution in [0.2, 0.25) is 0 Å². The number of carbonyl (C=O) groups excluding carboxylic acids is 2. The van der Waals surface area contributed by atoms with E-state index >= 15 is 0 Å². The molecule has 1 atom stereocenters. The van der Waals surface area contributed by atoms with Gasteiger partial charge in [0.2, 0.25) is 5.91 Å². The Kier molecular flexibility index (Phi) is 9.66. The van der Waals surface area contributed by atoms with Crippen molar-refractivity contribution in [3.05, 3.63) is 82.9 Å². The molecule has 2 aromatic carbocycles. The molecule has 13 heteroatoms. The summed E-state index contributed by atoms with van der Waals surface area (Å²) in [4.78, 5) is 34.4. The van der Waals surface area contributed by atoms with Crippen LogP contribution in [0.5, 0.6) is 11.5 Å². The number of aromatic nitrogens is 2. The van der Waals surface area contributed by atoms with E-state index in [1.54, 1.807) is 6.92 Å². The third-order valence-electron chi connectivity index (χ3n) is 8.37. The quantitative estimate of drug-likeness (QED) is 0.177. The van der Waals surface area contributed by atoms with Gasteiger partial charge in [0.05, 0.1) is 37.9 Å². The minimum Gasteiger partial charge on any atom is -0.494 e. The number of fused-ring (bicyclic) bond motifs is 1. The molecule has 2 heterocycles. The number of ether oxygens (including phenoxy) is 2. The fourth-order valence-electron chi connectivity index (χ4n) is 6.06. The number of alkyl halides is 3. The molecular formula is C34H34F4N4O5. The predicted octanol–water partition coefficient (Wildman–Crippen LogP) is 5.70. The van der Waals surface area contributed by atoms with Crippen molar-refractivity contribution in [2.24, 2.45) is 11.7 Å². The molecule has 248 valence electrons. The van der Waals surface area contributed by atoms with Gasteiger partial charge in [-0.3, -0.25) is 14.6 Å². The SMILES string of the molecule is CCOc1c(CC(N)=O)cc([C@@](O)(CNC(=O)c2cc(OC)c3ncc(C(F)(F)F)cc3c2)C2CCCC2)nc1-c1ccc(F)cc1. The minimum atomic E-state index is -4.64. The second-order valence-corrected chi connectivity index (χ2v) is 11.5. The zero-order chi connectivity index (χ0) is 33.9. The van der Waals surface area contributed by atoms with E-state index in [0.717, 1.165) is 18.9 Å². The Labute approximate surface area is 268 Å². The fraction of sp³-hybridized carbons (Fsp3) is 0.353. The summed E-state index contributed by atoms with van der Waals surface area (Å²) in [7, 11) is 1.31. The molecule has 4 N–H and O–H groups in total. The summed E-state index contributed by atoms with van der Waals surface area (Å²) in [6, 6.07) is 10.6. The second-order valence-electron chi connectivity index (χ2n) is 11.5. The summed E-state index contributed by atoms with van der Waals surface area (Å²) in [5.41, 5.74) is 4.23. The van der Waals surface area contributed by atoms with E-state index in [4.69, 9.17) is 20.2 Å². The number of hydrogen-bond acceptors (Lipinski definition) is 7. The number of nitrogens with two attached hydrogens (primary N) is 1. The van der Waals surface area contributed by atoms with Gasteiger partial charge in [-0.05, 0) is 74.2 Å². The highest BCUT2D eigenvalue weighted by Crippen LogP contribution is 2.43. The number of nitrogens with one attached hydrogen (secondary N) is 1. The largest absolute Gasteiger partial charge is 0.494 e. The van der Waals surface area contributed by atoms with E-state index in [9.17, 15) is 32.3 Å². The number of aliphatic hydroxyl groups is 1. The van der Waals surface area contributed by atoms with Crippen LogP contribution < -0.4 is 20.5 Å². The van der Waals surface area contributed by atoms with Gasteiger partial charge < -0.3 is 25.6 Å². The first-order chi connectivity index (χ1) is 22.3. The van der Waals surface area contributed by atoms with E-state index in [-0.39, 0.29) is 64.8 Å². The Bertz CT molecular complexity index is 1790. The van der Waals surface area contributed by atoms with Crippen LogP contribution in [0.4, 0.5) is 17.6 Å². The molecule has 1 aliphatic rings. The average molecular weight is 655 g/mol. The van der Waals surface area contributed by atoms with E-state index in [1.165, 1.54) is 49.6 Å². The maximum atomic E-state index is 13.8. The summed E-state index contributed by atoms with van der Waals surface area (Å²) in [6.45, 7) is 1.65. The number of hydrogen-bond donors (Lipinski definition) is 3. The molecule has 0 aliphatic heterocycles. The van der Waals surface area contributed by atoms with Gasteiger partial charge in [0.25, 0.3) is 5.91 Å². The molecule has 2 amide bonds. The molecule has 0 bridgehead atoms. The zero-order valence-corrected chi connectivity index (χ0v) is 25.8. The molecule has 47 heavy (non-hydrogen) atoms. The summed E-state index contributed by atoms with van der Waals surface area (Å²) >= 11 is 0. The number of carbonyl (C=O) groups is 2. The van der Waals surface area contributed by atoms with Gasteiger partial charge in [0.1, 0.15) is 34.1 Å². The Morgan fingerprint density at radius 1 is 1.09 bits per heavy atom. The van der Waals surface area contributed by atoms with Crippen molar-refractivity contribution in [3.63, 3.8) is 0 Å². The highest BCUT2D eigenvalue weighted by molar-refractivity contribution is 6.00. The lowest BCUT2D eigenvalue weighted by molar-refractivity contribution is -0.137. The van der Waals surface area contributed by atoms with Crippen molar-refractivity contribution >= 4 is 22.7 Å². The second kappa shape index (κ2) is 13.5. The van der Waals surface area contributed by atoms with Gasteiger partial charge in [-0.25, -0.2) is 9.37 Å². The molecule has 0 radical (unpaired) electrons. The van der Waals surface area contributed by atoms with Crippen LogP contribution in [0.3, 0.4) is 0 Å². The molecule has 4 aromatic rings. The molecule has 0 spiro atoms. The number of benzene rings is 2. The molecule has 9 nitrogen and oxygen atoms in total. The highest BCUT2D eigenvalue weighted by atomic mass is 19.4. The Morgan fingerprint density at radius 3 is 2.40 bits per heavy atom. The topological polar surface area (TPSA) is 137 Å². The Hall–Kier alpha value is -4.78. The monoisotopic (exact) mass is 654 g/mol. The van der Waals surface area contributed by atoms with Crippen LogP contribution >= 0.6 is 0 Å². The molecule has 0 unspecified atom stereocenters. The van der Waals surface area contributed by atoms with Crippen molar-refractivity contribution in [1.82, 2.24) is 15.3 Å².